The standard InChI is InChI=1S/C21H17F3N4O2S/c1-13-2-3-14(15-8-9-26-12-15)10-18(13)19-11-20(21(22,23)24)27-28(19)16-4-6-17(7-5-16)31(25,29)30/h2-7,9-12H,8H2,1H3,(H2,25,29,30). The van der Waals surface area contributed by atoms with Crippen molar-refractivity contribution in [2.75, 3.05) is 0 Å². The average molecular weight is 446 g/mol. The summed E-state index contributed by atoms with van der Waals surface area (Å²) in [5.74, 6) is 0. The van der Waals surface area contributed by atoms with Gasteiger partial charge in [0, 0.05) is 24.4 Å². The predicted molar refractivity (Wildman–Crippen MR) is 111 cm³/mol. The van der Waals surface area contributed by atoms with E-state index in [2.05, 4.69) is 10.1 Å². The molecule has 0 spiro atoms. The van der Waals surface area contributed by atoms with Gasteiger partial charge in [0.15, 0.2) is 5.69 Å². The van der Waals surface area contributed by atoms with E-state index in [9.17, 15) is 21.6 Å². The quantitative estimate of drug-likeness (QED) is 0.647. The number of rotatable bonds is 4. The molecule has 2 N–H and O–H groups in total. The predicted octanol–water partition coefficient (Wildman–Crippen LogP) is 4.33. The zero-order valence-electron chi connectivity index (χ0n) is 16.3. The summed E-state index contributed by atoms with van der Waals surface area (Å²) in [5, 5.41) is 8.87. The SMILES string of the molecule is Cc1ccc(C2=CN=CC2)cc1-c1cc(C(F)(F)F)nn1-c1ccc(S(N)(=O)=O)cc1. The number of alkyl halides is 3. The molecule has 6 nitrogen and oxygen atoms in total. The lowest BCUT2D eigenvalue weighted by molar-refractivity contribution is -0.141. The van der Waals surface area contributed by atoms with Gasteiger partial charge < -0.3 is 0 Å². The molecule has 10 heteroatoms. The van der Waals surface area contributed by atoms with Crippen LogP contribution in [0.5, 0.6) is 0 Å². The minimum Gasteiger partial charge on any atom is -0.268 e. The zero-order chi connectivity index (χ0) is 22.4. The van der Waals surface area contributed by atoms with E-state index in [4.69, 9.17) is 5.14 Å². The summed E-state index contributed by atoms with van der Waals surface area (Å²) in [7, 11) is -3.93. The molecule has 0 bridgehead atoms. The number of nitrogens with zero attached hydrogens (tertiary/aromatic N) is 3. The van der Waals surface area contributed by atoms with E-state index in [1.165, 1.54) is 24.3 Å². The first kappa shape index (κ1) is 21.0. The molecule has 1 aliphatic heterocycles. The van der Waals surface area contributed by atoms with Gasteiger partial charge in [0.25, 0.3) is 0 Å². The molecular weight excluding hydrogens is 429 g/mol. The van der Waals surface area contributed by atoms with Crippen molar-refractivity contribution in [1.82, 2.24) is 9.78 Å². The molecule has 31 heavy (non-hydrogen) atoms. The summed E-state index contributed by atoms with van der Waals surface area (Å²) in [6.45, 7) is 1.80. The Labute approximate surface area is 176 Å². The van der Waals surface area contributed by atoms with Crippen molar-refractivity contribution in [3.8, 4) is 16.9 Å². The van der Waals surface area contributed by atoms with E-state index in [1.54, 1.807) is 19.3 Å². The lowest BCUT2D eigenvalue weighted by Gasteiger charge is -2.12. The maximum atomic E-state index is 13.5. The number of halogens is 3. The molecule has 0 radical (unpaired) electrons. The van der Waals surface area contributed by atoms with Crippen LogP contribution < -0.4 is 5.14 Å². The lowest BCUT2D eigenvalue weighted by atomic mass is 9.97. The van der Waals surface area contributed by atoms with Gasteiger partial charge in [-0.15, -0.1) is 0 Å². The lowest BCUT2D eigenvalue weighted by Crippen LogP contribution is -2.12. The summed E-state index contributed by atoms with van der Waals surface area (Å²) < 4.78 is 64.5. The highest BCUT2D eigenvalue weighted by Crippen LogP contribution is 2.36. The Morgan fingerprint density at radius 2 is 1.77 bits per heavy atom. The maximum absolute atomic E-state index is 13.5. The number of hydrogen-bond acceptors (Lipinski definition) is 4. The van der Waals surface area contributed by atoms with E-state index >= 15 is 0 Å². The van der Waals surface area contributed by atoms with Gasteiger partial charge in [-0.05, 0) is 60.0 Å². The van der Waals surface area contributed by atoms with Gasteiger partial charge in [-0.25, -0.2) is 18.2 Å². The minimum atomic E-state index is -4.64. The Kier molecular flexibility index (Phi) is 5.06. The molecule has 3 aromatic rings. The van der Waals surface area contributed by atoms with Crippen LogP contribution in [0.3, 0.4) is 0 Å². The van der Waals surface area contributed by atoms with Crippen molar-refractivity contribution in [2.24, 2.45) is 10.1 Å². The maximum Gasteiger partial charge on any atom is 0.435 e. The monoisotopic (exact) mass is 446 g/mol. The molecule has 0 fully saturated rings. The molecule has 0 atom stereocenters. The van der Waals surface area contributed by atoms with E-state index in [0.29, 0.717) is 12.0 Å². The first-order valence-electron chi connectivity index (χ1n) is 9.16. The van der Waals surface area contributed by atoms with Gasteiger partial charge >= 0.3 is 6.18 Å². The van der Waals surface area contributed by atoms with Crippen molar-refractivity contribution >= 4 is 21.8 Å². The van der Waals surface area contributed by atoms with Crippen LogP contribution >= 0.6 is 0 Å². The van der Waals surface area contributed by atoms with Crippen molar-refractivity contribution < 1.29 is 21.6 Å². The molecule has 1 aromatic heterocycles. The van der Waals surface area contributed by atoms with E-state index < -0.39 is 21.9 Å². The van der Waals surface area contributed by atoms with Crippen molar-refractivity contribution in [1.29, 1.82) is 0 Å². The van der Waals surface area contributed by atoms with Gasteiger partial charge in [-0.2, -0.15) is 18.3 Å². The van der Waals surface area contributed by atoms with Crippen LogP contribution in [0, 0.1) is 6.92 Å². The fourth-order valence-corrected chi connectivity index (χ4v) is 3.84. The van der Waals surface area contributed by atoms with Crippen LogP contribution in [0.15, 0.2) is 64.6 Å². The normalized spacial score (nSPS) is 14.2. The highest BCUT2D eigenvalue weighted by atomic mass is 32.2. The summed E-state index contributed by atoms with van der Waals surface area (Å²) in [4.78, 5) is 3.94. The third-order valence-electron chi connectivity index (χ3n) is 4.94. The Bertz CT molecular complexity index is 1320. The summed E-state index contributed by atoms with van der Waals surface area (Å²) in [5.41, 5.74) is 2.60. The van der Waals surface area contributed by atoms with Gasteiger partial charge in [0.2, 0.25) is 10.0 Å². The Morgan fingerprint density at radius 1 is 1.06 bits per heavy atom. The molecule has 0 saturated carbocycles. The van der Waals surface area contributed by atoms with E-state index in [1.807, 2.05) is 18.2 Å². The highest BCUT2D eigenvalue weighted by Gasteiger charge is 2.35. The smallest absolute Gasteiger partial charge is 0.268 e. The Hall–Kier alpha value is -3.24. The molecule has 2 heterocycles. The number of allylic oxidation sites excluding steroid dienone is 1. The summed E-state index contributed by atoms with van der Waals surface area (Å²) >= 11 is 0. The van der Waals surface area contributed by atoms with Crippen LogP contribution in [0.25, 0.3) is 22.5 Å². The third-order valence-corrected chi connectivity index (χ3v) is 5.87. The first-order valence-corrected chi connectivity index (χ1v) is 10.7. The molecule has 0 aliphatic carbocycles. The topological polar surface area (TPSA) is 90.3 Å². The molecule has 0 unspecified atom stereocenters. The number of benzene rings is 2. The highest BCUT2D eigenvalue weighted by molar-refractivity contribution is 7.89. The number of aliphatic imine (C=N–C) groups is 1. The van der Waals surface area contributed by atoms with Gasteiger partial charge in [0.1, 0.15) is 0 Å². The number of aromatic nitrogens is 2. The molecular formula is C21H17F3N4O2S. The number of hydrogen-bond donors (Lipinski definition) is 1. The zero-order valence-corrected chi connectivity index (χ0v) is 17.1. The summed E-state index contributed by atoms with van der Waals surface area (Å²) in [6.07, 6.45) is -0.523. The molecule has 0 saturated heterocycles. The second-order valence-electron chi connectivity index (χ2n) is 7.08. The average Bonchev–Trinajstić information content (AvgIpc) is 3.38. The van der Waals surface area contributed by atoms with Crippen LogP contribution in [-0.4, -0.2) is 24.4 Å². The van der Waals surface area contributed by atoms with E-state index in [0.717, 1.165) is 27.4 Å². The number of primary sulfonamides is 1. The minimum absolute atomic E-state index is 0.146. The fraction of sp³-hybridized carbons (Fsp3) is 0.143. The Morgan fingerprint density at radius 3 is 2.35 bits per heavy atom. The largest absolute Gasteiger partial charge is 0.435 e. The van der Waals surface area contributed by atoms with Gasteiger partial charge in [-0.3, -0.25) is 4.99 Å². The van der Waals surface area contributed by atoms with Crippen LogP contribution in [0.1, 0.15) is 23.2 Å². The van der Waals surface area contributed by atoms with E-state index in [-0.39, 0.29) is 16.3 Å². The van der Waals surface area contributed by atoms with Crippen LogP contribution in [0.2, 0.25) is 0 Å². The molecule has 2 aromatic carbocycles. The van der Waals surface area contributed by atoms with Crippen LogP contribution in [-0.2, 0) is 16.2 Å². The van der Waals surface area contributed by atoms with Crippen molar-refractivity contribution in [3.63, 3.8) is 0 Å². The first-order chi connectivity index (χ1) is 14.5. The van der Waals surface area contributed by atoms with Crippen molar-refractivity contribution in [3.05, 3.63) is 71.6 Å². The summed E-state index contributed by atoms with van der Waals surface area (Å²) in [6, 6.07) is 11.7. The Balaban J connectivity index is 1.89. The second kappa shape index (κ2) is 7.47. The number of nitrogens with two attached hydrogens (primary N) is 1. The third kappa shape index (κ3) is 4.17. The molecule has 160 valence electrons. The molecule has 1 aliphatic rings. The van der Waals surface area contributed by atoms with Gasteiger partial charge in [-0.1, -0.05) is 12.1 Å². The second-order valence-corrected chi connectivity index (χ2v) is 8.64. The number of sulfonamides is 1. The van der Waals surface area contributed by atoms with Crippen LogP contribution in [0.4, 0.5) is 13.2 Å². The van der Waals surface area contributed by atoms with Crippen molar-refractivity contribution in [2.45, 2.75) is 24.4 Å². The molecule has 4 rings (SSSR count). The molecule has 0 amide bonds. The number of aryl methyl sites for hydroxylation is 1. The van der Waals surface area contributed by atoms with Gasteiger partial charge in [0.05, 0.1) is 16.3 Å². The fourth-order valence-electron chi connectivity index (χ4n) is 3.32.